The Morgan fingerprint density at radius 2 is 1.60 bits per heavy atom. The van der Waals surface area contributed by atoms with Crippen molar-refractivity contribution in [3.8, 4) is 17.2 Å². The van der Waals surface area contributed by atoms with E-state index in [0.717, 1.165) is 11.3 Å². The highest BCUT2D eigenvalue weighted by Gasteiger charge is 2.15. The minimum atomic E-state index is -0.0696. The van der Waals surface area contributed by atoms with Gasteiger partial charge >= 0.3 is 0 Å². The van der Waals surface area contributed by atoms with Gasteiger partial charge in [-0.2, -0.15) is 0 Å². The quantitative estimate of drug-likeness (QED) is 0.732. The number of methoxy groups -OCH3 is 1. The summed E-state index contributed by atoms with van der Waals surface area (Å²) in [4.78, 5) is 14.4. The predicted molar refractivity (Wildman–Crippen MR) is 97.6 cm³/mol. The van der Waals surface area contributed by atoms with Gasteiger partial charge in [0.2, 0.25) is 0 Å². The molecule has 0 saturated carbocycles. The number of rotatable bonds is 8. The van der Waals surface area contributed by atoms with Crippen LogP contribution in [0.15, 0.2) is 42.5 Å². The molecule has 0 saturated heterocycles. The summed E-state index contributed by atoms with van der Waals surface area (Å²) in [6, 6.07) is 13.0. The Morgan fingerprint density at radius 3 is 2.20 bits per heavy atom. The third kappa shape index (κ3) is 4.89. The second kappa shape index (κ2) is 8.97. The van der Waals surface area contributed by atoms with Crippen molar-refractivity contribution in [1.82, 2.24) is 4.90 Å². The zero-order valence-electron chi connectivity index (χ0n) is 15.2. The van der Waals surface area contributed by atoms with Gasteiger partial charge in [-0.05, 0) is 49.7 Å². The van der Waals surface area contributed by atoms with E-state index >= 15 is 0 Å². The van der Waals surface area contributed by atoms with E-state index in [2.05, 4.69) is 0 Å². The van der Waals surface area contributed by atoms with Crippen LogP contribution in [0.1, 0.15) is 29.8 Å². The summed E-state index contributed by atoms with van der Waals surface area (Å²) in [6.07, 6.45) is 0. The first-order chi connectivity index (χ1) is 12.1. The Morgan fingerprint density at radius 1 is 0.960 bits per heavy atom. The number of carbonyl (C=O) groups excluding carboxylic acids is 1. The van der Waals surface area contributed by atoms with Crippen LogP contribution in [0.4, 0.5) is 0 Å². The molecule has 5 heteroatoms. The number of hydrogen-bond donors (Lipinski definition) is 0. The van der Waals surface area contributed by atoms with Crippen LogP contribution in [0.25, 0.3) is 0 Å². The van der Waals surface area contributed by atoms with E-state index in [9.17, 15) is 4.79 Å². The van der Waals surface area contributed by atoms with Gasteiger partial charge in [0.15, 0.2) is 11.5 Å². The van der Waals surface area contributed by atoms with Crippen LogP contribution in [0.5, 0.6) is 17.2 Å². The maximum Gasteiger partial charge on any atom is 0.254 e. The maximum absolute atomic E-state index is 12.7. The van der Waals surface area contributed by atoms with Crippen LogP contribution >= 0.6 is 0 Å². The molecule has 0 aliphatic heterocycles. The summed E-state index contributed by atoms with van der Waals surface area (Å²) in [5.41, 5.74) is 1.61. The minimum Gasteiger partial charge on any atom is -0.497 e. The number of carbonyl (C=O) groups is 1. The van der Waals surface area contributed by atoms with Gasteiger partial charge in [0.05, 0.1) is 20.3 Å². The van der Waals surface area contributed by atoms with E-state index in [1.807, 2.05) is 38.1 Å². The molecule has 134 valence electrons. The lowest BCUT2D eigenvalue weighted by Crippen LogP contribution is -2.26. The van der Waals surface area contributed by atoms with Gasteiger partial charge in [0.25, 0.3) is 5.91 Å². The third-order valence-corrected chi connectivity index (χ3v) is 3.72. The van der Waals surface area contributed by atoms with Gasteiger partial charge in [0.1, 0.15) is 5.75 Å². The van der Waals surface area contributed by atoms with Crippen molar-refractivity contribution in [2.45, 2.75) is 20.4 Å². The number of ether oxygens (including phenoxy) is 3. The molecule has 0 aromatic heterocycles. The monoisotopic (exact) mass is 343 g/mol. The molecular weight excluding hydrogens is 318 g/mol. The Kier molecular flexibility index (Phi) is 6.69. The molecule has 2 aromatic carbocycles. The minimum absolute atomic E-state index is 0.0696. The Bertz CT molecular complexity index is 697. The molecule has 2 aromatic rings. The second-order valence-corrected chi connectivity index (χ2v) is 5.54. The molecule has 0 fully saturated rings. The molecule has 2 rings (SSSR count). The second-order valence-electron chi connectivity index (χ2n) is 5.54. The molecule has 0 atom stereocenters. The zero-order chi connectivity index (χ0) is 18.2. The summed E-state index contributed by atoms with van der Waals surface area (Å²) in [6.45, 7) is 5.39. The number of hydrogen-bond acceptors (Lipinski definition) is 4. The topological polar surface area (TPSA) is 48.0 Å². The molecule has 0 unspecified atom stereocenters. The first-order valence-electron chi connectivity index (χ1n) is 8.37. The van der Waals surface area contributed by atoms with E-state index in [0.29, 0.717) is 36.8 Å². The van der Waals surface area contributed by atoms with Crippen LogP contribution in [-0.2, 0) is 6.54 Å². The van der Waals surface area contributed by atoms with Gasteiger partial charge in [-0.3, -0.25) is 4.79 Å². The van der Waals surface area contributed by atoms with Crippen molar-refractivity contribution in [3.63, 3.8) is 0 Å². The maximum atomic E-state index is 12.7. The number of amides is 1. The van der Waals surface area contributed by atoms with E-state index in [1.54, 1.807) is 37.3 Å². The van der Waals surface area contributed by atoms with Gasteiger partial charge < -0.3 is 19.1 Å². The Balaban J connectivity index is 2.13. The molecule has 0 heterocycles. The van der Waals surface area contributed by atoms with Crippen LogP contribution in [0, 0.1) is 0 Å². The highest BCUT2D eigenvalue weighted by molar-refractivity contribution is 5.94. The summed E-state index contributed by atoms with van der Waals surface area (Å²) >= 11 is 0. The lowest BCUT2D eigenvalue weighted by atomic mass is 10.1. The normalized spacial score (nSPS) is 10.2. The molecule has 1 amide bonds. The van der Waals surface area contributed by atoms with Crippen LogP contribution < -0.4 is 14.2 Å². The molecule has 0 aliphatic rings. The molecule has 0 N–H and O–H groups in total. The average molecular weight is 343 g/mol. The smallest absolute Gasteiger partial charge is 0.254 e. The summed E-state index contributed by atoms with van der Waals surface area (Å²) < 4.78 is 16.3. The van der Waals surface area contributed by atoms with Crippen LogP contribution in [-0.4, -0.2) is 38.2 Å². The van der Waals surface area contributed by atoms with Gasteiger partial charge in [0, 0.05) is 19.2 Å². The van der Waals surface area contributed by atoms with Gasteiger partial charge in [-0.15, -0.1) is 0 Å². The summed E-state index contributed by atoms with van der Waals surface area (Å²) in [5, 5.41) is 0. The average Bonchev–Trinajstić information content (AvgIpc) is 2.63. The SMILES string of the molecule is CCOc1ccc(C(=O)N(C)Cc2ccc(OC)cc2)cc1OCC. The summed E-state index contributed by atoms with van der Waals surface area (Å²) in [5.74, 6) is 1.97. The Hall–Kier alpha value is -2.69. The molecule has 0 spiro atoms. The molecule has 0 radical (unpaired) electrons. The fraction of sp³-hybridized carbons (Fsp3) is 0.350. The van der Waals surface area contributed by atoms with Crippen molar-refractivity contribution in [2.24, 2.45) is 0 Å². The van der Waals surface area contributed by atoms with E-state index in [1.165, 1.54) is 0 Å². The first-order valence-corrected chi connectivity index (χ1v) is 8.37. The Labute approximate surface area is 149 Å². The lowest BCUT2D eigenvalue weighted by Gasteiger charge is -2.19. The highest BCUT2D eigenvalue weighted by Crippen LogP contribution is 2.29. The number of benzene rings is 2. The highest BCUT2D eigenvalue weighted by atomic mass is 16.5. The molecule has 0 aliphatic carbocycles. The van der Waals surface area contributed by atoms with Crippen molar-refractivity contribution in [1.29, 1.82) is 0 Å². The van der Waals surface area contributed by atoms with Gasteiger partial charge in [-0.1, -0.05) is 12.1 Å². The van der Waals surface area contributed by atoms with Crippen LogP contribution in [0.2, 0.25) is 0 Å². The molecule has 0 bridgehead atoms. The fourth-order valence-electron chi connectivity index (χ4n) is 2.48. The fourth-order valence-corrected chi connectivity index (χ4v) is 2.48. The first kappa shape index (κ1) is 18.6. The van der Waals surface area contributed by atoms with E-state index in [-0.39, 0.29) is 5.91 Å². The molecule has 5 nitrogen and oxygen atoms in total. The van der Waals surface area contributed by atoms with Crippen molar-refractivity contribution < 1.29 is 19.0 Å². The number of nitrogens with zero attached hydrogens (tertiary/aromatic N) is 1. The lowest BCUT2D eigenvalue weighted by molar-refractivity contribution is 0.0784. The summed E-state index contributed by atoms with van der Waals surface area (Å²) in [7, 11) is 3.41. The van der Waals surface area contributed by atoms with Crippen molar-refractivity contribution in [2.75, 3.05) is 27.4 Å². The molecule has 25 heavy (non-hydrogen) atoms. The van der Waals surface area contributed by atoms with Crippen LogP contribution in [0.3, 0.4) is 0 Å². The van der Waals surface area contributed by atoms with Crippen molar-refractivity contribution in [3.05, 3.63) is 53.6 Å². The largest absolute Gasteiger partial charge is 0.497 e. The van der Waals surface area contributed by atoms with E-state index < -0.39 is 0 Å². The zero-order valence-corrected chi connectivity index (χ0v) is 15.2. The predicted octanol–water partition coefficient (Wildman–Crippen LogP) is 3.76. The third-order valence-electron chi connectivity index (χ3n) is 3.72. The van der Waals surface area contributed by atoms with E-state index in [4.69, 9.17) is 14.2 Å². The van der Waals surface area contributed by atoms with Gasteiger partial charge in [-0.25, -0.2) is 0 Å². The standard InChI is InChI=1S/C20H25NO4/c1-5-24-18-12-9-16(13-19(18)25-6-2)20(22)21(3)14-15-7-10-17(23-4)11-8-15/h7-13H,5-6,14H2,1-4H3. The molecular formula is C20H25NO4. The van der Waals surface area contributed by atoms with Crippen molar-refractivity contribution >= 4 is 5.91 Å².